The van der Waals surface area contributed by atoms with Crippen LogP contribution in [0.5, 0.6) is 5.75 Å². The maximum absolute atomic E-state index is 5.31. The van der Waals surface area contributed by atoms with Crippen LogP contribution < -0.4 is 10.2 Å². The second-order valence-electron chi connectivity index (χ2n) is 3.22. The maximum Gasteiger partial charge on any atom is 0.148 e. The summed E-state index contributed by atoms with van der Waals surface area (Å²) in [6.45, 7) is 0.284. The number of rotatable bonds is 3. The summed E-state index contributed by atoms with van der Waals surface area (Å²) in [6.07, 6.45) is 6.97. The van der Waals surface area contributed by atoms with Crippen molar-refractivity contribution in [3.05, 3.63) is 40.5 Å². The number of nitrogens with one attached hydrogen (secondary N) is 1. The average Bonchev–Trinajstić information content (AvgIpc) is 2.74. The number of hydroxylamine groups is 1. The van der Waals surface area contributed by atoms with Crippen molar-refractivity contribution in [2.45, 2.75) is 6.10 Å². The van der Waals surface area contributed by atoms with Crippen molar-refractivity contribution in [1.82, 2.24) is 5.48 Å². The van der Waals surface area contributed by atoms with Crippen LogP contribution in [-0.2, 0) is 4.84 Å². The zero-order valence-electron chi connectivity index (χ0n) is 8.44. The zero-order chi connectivity index (χ0) is 11.4. The Balaban J connectivity index is 2.05. The molecular formula is C12H10BrNO2. The van der Waals surface area contributed by atoms with Gasteiger partial charge in [0.1, 0.15) is 23.1 Å². The molecular weight excluding hydrogens is 270 g/mol. The lowest BCUT2D eigenvalue weighted by molar-refractivity contribution is 0.0458. The van der Waals surface area contributed by atoms with E-state index in [1.807, 2.05) is 30.3 Å². The standard InChI is InChI=1S/C12H10BrNO2/c1-2-7-15-10-5-3-9(4-6-10)11-8-12(13)14-16-11/h1,3-6,8,11,14H,7H2. The van der Waals surface area contributed by atoms with E-state index in [2.05, 4.69) is 27.3 Å². The predicted molar refractivity (Wildman–Crippen MR) is 64.7 cm³/mol. The van der Waals surface area contributed by atoms with Crippen molar-refractivity contribution in [2.24, 2.45) is 0 Å². The molecule has 0 spiro atoms. The Hall–Kier alpha value is -1.44. The van der Waals surface area contributed by atoms with Gasteiger partial charge in [-0.05, 0) is 39.7 Å². The van der Waals surface area contributed by atoms with Gasteiger partial charge in [0.05, 0.1) is 0 Å². The third-order valence-corrected chi connectivity index (χ3v) is 2.54. The number of ether oxygens (including phenoxy) is 1. The third-order valence-electron chi connectivity index (χ3n) is 2.11. The molecule has 0 aliphatic carbocycles. The molecule has 1 atom stereocenters. The molecule has 1 unspecified atom stereocenters. The maximum atomic E-state index is 5.31. The van der Waals surface area contributed by atoms with Gasteiger partial charge in [-0.25, -0.2) is 0 Å². The predicted octanol–water partition coefficient (Wildman–Crippen LogP) is 2.51. The minimum Gasteiger partial charge on any atom is -0.481 e. The summed E-state index contributed by atoms with van der Waals surface area (Å²) in [5, 5.41) is 0. The molecule has 4 heteroatoms. The second-order valence-corrected chi connectivity index (χ2v) is 4.07. The van der Waals surface area contributed by atoms with Gasteiger partial charge in [-0.3, -0.25) is 10.3 Å². The molecule has 0 aromatic heterocycles. The quantitative estimate of drug-likeness (QED) is 0.681. The van der Waals surface area contributed by atoms with Crippen LogP contribution in [0.4, 0.5) is 0 Å². The van der Waals surface area contributed by atoms with Crippen molar-refractivity contribution < 1.29 is 9.57 Å². The Morgan fingerprint density at radius 2 is 2.19 bits per heavy atom. The smallest absolute Gasteiger partial charge is 0.148 e. The number of terminal acetylenes is 1. The topological polar surface area (TPSA) is 30.5 Å². The van der Waals surface area contributed by atoms with Crippen molar-refractivity contribution in [1.29, 1.82) is 0 Å². The van der Waals surface area contributed by atoms with E-state index in [0.29, 0.717) is 0 Å². The molecule has 0 saturated carbocycles. The summed E-state index contributed by atoms with van der Waals surface area (Å²) in [7, 11) is 0. The first kappa shape index (κ1) is 11.1. The fourth-order valence-electron chi connectivity index (χ4n) is 1.36. The minimum atomic E-state index is -0.0731. The summed E-state index contributed by atoms with van der Waals surface area (Å²) >= 11 is 3.30. The van der Waals surface area contributed by atoms with Gasteiger partial charge in [-0.2, -0.15) is 0 Å². The van der Waals surface area contributed by atoms with Crippen LogP contribution >= 0.6 is 15.9 Å². The molecule has 0 bridgehead atoms. The van der Waals surface area contributed by atoms with Crippen LogP contribution in [0.25, 0.3) is 0 Å². The molecule has 1 aliphatic rings. The van der Waals surface area contributed by atoms with E-state index in [-0.39, 0.29) is 12.7 Å². The summed E-state index contributed by atoms with van der Waals surface area (Å²) in [4.78, 5) is 5.31. The normalized spacial score (nSPS) is 18.5. The fourth-order valence-corrected chi connectivity index (χ4v) is 1.70. The first-order valence-electron chi connectivity index (χ1n) is 4.75. The van der Waals surface area contributed by atoms with E-state index in [4.69, 9.17) is 16.0 Å². The lowest BCUT2D eigenvalue weighted by atomic mass is 10.1. The highest BCUT2D eigenvalue weighted by atomic mass is 79.9. The van der Waals surface area contributed by atoms with Gasteiger partial charge in [-0.1, -0.05) is 18.1 Å². The lowest BCUT2D eigenvalue weighted by Crippen LogP contribution is -2.05. The molecule has 1 N–H and O–H groups in total. The summed E-state index contributed by atoms with van der Waals surface area (Å²) in [5.74, 6) is 3.18. The highest BCUT2D eigenvalue weighted by molar-refractivity contribution is 9.11. The molecule has 16 heavy (non-hydrogen) atoms. The zero-order valence-corrected chi connectivity index (χ0v) is 10.0. The molecule has 1 aliphatic heterocycles. The number of halogens is 1. The van der Waals surface area contributed by atoms with Gasteiger partial charge in [0.15, 0.2) is 0 Å². The Labute approximate surface area is 103 Å². The van der Waals surface area contributed by atoms with Crippen LogP contribution in [-0.4, -0.2) is 6.61 Å². The van der Waals surface area contributed by atoms with E-state index in [1.54, 1.807) is 0 Å². The number of hydrogen-bond acceptors (Lipinski definition) is 3. The van der Waals surface area contributed by atoms with Gasteiger partial charge in [0.2, 0.25) is 0 Å². The molecule has 82 valence electrons. The molecule has 3 nitrogen and oxygen atoms in total. The second kappa shape index (κ2) is 5.06. The molecule has 1 heterocycles. The monoisotopic (exact) mass is 279 g/mol. The van der Waals surface area contributed by atoms with Gasteiger partial charge in [-0.15, -0.1) is 6.42 Å². The SMILES string of the molecule is C#CCOc1ccc(C2C=C(Br)NO2)cc1. The summed E-state index contributed by atoms with van der Waals surface area (Å²) in [6, 6.07) is 7.63. The Bertz CT molecular complexity index is 433. The third kappa shape index (κ3) is 2.57. The molecule has 0 radical (unpaired) electrons. The van der Waals surface area contributed by atoms with Crippen LogP contribution in [0.3, 0.4) is 0 Å². The first-order chi connectivity index (χ1) is 7.79. The van der Waals surface area contributed by atoms with Crippen LogP contribution in [0.2, 0.25) is 0 Å². The van der Waals surface area contributed by atoms with Gasteiger partial charge in [0, 0.05) is 0 Å². The molecule has 2 rings (SSSR count). The van der Waals surface area contributed by atoms with Gasteiger partial charge >= 0.3 is 0 Å². The van der Waals surface area contributed by atoms with E-state index in [0.717, 1.165) is 15.9 Å². The molecule has 1 aromatic carbocycles. The molecule has 0 amide bonds. The Morgan fingerprint density at radius 3 is 2.75 bits per heavy atom. The van der Waals surface area contributed by atoms with Crippen molar-refractivity contribution in [2.75, 3.05) is 6.61 Å². The summed E-state index contributed by atoms with van der Waals surface area (Å²) < 4.78 is 6.11. The van der Waals surface area contributed by atoms with Crippen molar-refractivity contribution >= 4 is 15.9 Å². The Kier molecular flexibility index (Phi) is 3.50. The lowest BCUT2D eigenvalue weighted by Gasteiger charge is -2.08. The van der Waals surface area contributed by atoms with Gasteiger partial charge < -0.3 is 4.74 Å². The highest BCUT2D eigenvalue weighted by Gasteiger charge is 2.16. The van der Waals surface area contributed by atoms with E-state index in [1.165, 1.54) is 0 Å². The fraction of sp³-hybridized carbons (Fsp3) is 0.167. The average molecular weight is 280 g/mol. The van der Waals surface area contributed by atoms with E-state index in [9.17, 15) is 0 Å². The van der Waals surface area contributed by atoms with Crippen molar-refractivity contribution in [3.8, 4) is 18.1 Å². The van der Waals surface area contributed by atoms with Crippen molar-refractivity contribution in [3.63, 3.8) is 0 Å². The largest absolute Gasteiger partial charge is 0.481 e. The number of hydrogen-bond donors (Lipinski definition) is 1. The highest BCUT2D eigenvalue weighted by Crippen LogP contribution is 2.27. The number of benzene rings is 1. The Morgan fingerprint density at radius 1 is 1.44 bits per heavy atom. The summed E-state index contributed by atoms with van der Waals surface area (Å²) in [5.41, 5.74) is 3.79. The molecule has 0 saturated heterocycles. The molecule has 0 fully saturated rings. The molecule has 1 aromatic rings. The van der Waals surface area contributed by atoms with E-state index >= 15 is 0 Å². The van der Waals surface area contributed by atoms with Crippen LogP contribution in [0.15, 0.2) is 34.9 Å². The van der Waals surface area contributed by atoms with Crippen LogP contribution in [0, 0.1) is 12.3 Å². The van der Waals surface area contributed by atoms with E-state index < -0.39 is 0 Å². The first-order valence-corrected chi connectivity index (χ1v) is 5.54. The minimum absolute atomic E-state index is 0.0731. The van der Waals surface area contributed by atoms with Crippen LogP contribution in [0.1, 0.15) is 11.7 Å². The van der Waals surface area contributed by atoms with Gasteiger partial charge in [0.25, 0.3) is 0 Å².